The van der Waals surface area contributed by atoms with Gasteiger partial charge in [0.2, 0.25) is 0 Å². The number of amides is 2. The smallest absolute Gasteiger partial charge is 0.317 e. The molecular weight excluding hydrogens is 208 g/mol. The Hall–Kier alpha value is -1.26. The van der Waals surface area contributed by atoms with Gasteiger partial charge in [0, 0.05) is 18.6 Å². The number of nitrogens with zero attached hydrogens (tertiary/aromatic N) is 1. The summed E-state index contributed by atoms with van der Waals surface area (Å²) in [4.78, 5) is 24.3. The zero-order valence-electron chi connectivity index (χ0n) is 9.53. The van der Waals surface area contributed by atoms with Gasteiger partial charge in [0.15, 0.2) is 0 Å². The molecule has 2 fully saturated rings. The molecule has 16 heavy (non-hydrogen) atoms. The van der Waals surface area contributed by atoms with Crippen LogP contribution in [0.25, 0.3) is 0 Å². The van der Waals surface area contributed by atoms with Crippen molar-refractivity contribution in [1.82, 2.24) is 10.2 Å². The lowest BCUT2D eigenvalue weighted by Gasteiger charge is -2.31. The first-order valence-corrected chi connectivity index (χ1v) is 5.80. The molecule has 2 amide bonds. The summed E-state index contributed by atoms with van der Waals surface area (Å²) in [5.41, 5.74) is -0.0345. The lowest BCUT2D eigenvalue weighted by molar-refractivity contribution is -0.143. The molecule has 0 radical (unpaired) electrons. The molecule has 0 unspecified atom stereocenters. The molecule has 1 saturated heterocycles. The summed E-state index contributed by atoms with van der Waals surface area (Å²) < 4.78 is 0. The fourth-order valence-electron chi connectivity index (χ4n) is 2.01. The van der Waals surface area contributed by atoms with E-state index in [-0.39, 0.29) is 11.6 Å². The molecule has 1 aliphatic heterocycles. The lowest BCUT2D eigenvalue weighted by Crippen LogP contribution is -2.49. The molecule has 1 heterocycles. The van der Waals surface area contributed by atoms with Gasteiger partial charge in [-0.25, -0.2) is 4.79 Å². The van der Waals surface area contributed by atoms with Crippen LogP contribution in [-0.2, 0) is 4.79 Å². The van der Waals surface area contributed by atoms with Crippen LogP contribution in [0.1, 0.15) is 32.6 Å². The second-order valence-electron chi connectivity index (χ2n) is 5.11. The average molecular weight is 226 g/mol. The molecule has 2 rings (SSSR count). The van der Waals surface area contributed by atoms with E-state index < -0.39 is 11.9 Å². The maximum atomic E-state index is 11.8. The summed E-state index contributed by atoms with van der Waals surface area (Å²) in [5, 5.41) is 11.9. The van der Waals surface area contributed by atoms with E-state index in [0.29, 0.717) is 19.5 Å². The molecule has 0 aromatic rings. The van der Waals surface area contributed by atoms with Crippen LogP contribution in [-0.4, -0.2) is 40.6 Å². The van der Waals surface area contributed by atoms with Crippen molar-refractivity contribution in [2.24, 2.45) is 5.92 Å². The normalized spacial score (nSPS) is 27.3. The molecule has 0 spiro atoms. The van der Waals surface area contributed by atoms with Crippen LogP contribution in [0.5, 0.6) is 0 Å². The molecule has 2 N–H and O–H groups in total. The fourth-order valence-corrected chi connectivity index (χ4v) is 2.01. The van der Waals surface area contributed by atoms with Gasteiger partial charge < -0.3 is 15.3 Å². The second-order valence-corrected chi connectivity index (χ2v) is 5.11. The highest BCUT2D eigenvalue weighted by atomic mass is 16.4. The van der Waals surface area contributed by atoms with Gasteiger partial charge >= 0.3 is 12.0 Å². The third-order valence-corrected chi connectivity index (χ3v) is 3.47. The highest BCUT2D eigenvalue weighted by Gasteiger charge is 2.40. The van der Waals surface area contributed by atoms with E-state index in [1.807, 2.05) is 6.92 Å². The van der Waals surface area contributed by atoms with Crippen LogP contribution in [0, 0.1) is 5.92 Å². The third-order valence-electron chi connectivity index (χ3n) is 3.47. The number of aliphatic carboxylic acids is 1. The van der Waals surface area contributed by atoms with Crippen molar-refractivity contribution in [2.45, 2.75) is 38.1 Å². The average Bonchev–Trinajstić information content (AvgIpc) is 2.96. The van der Waals surface area contributed by atoms with Gasteiger partial charge in [-0.2, -0.15) is 0 Å². The van der Waals surface area contributed by atoms with Crippen molar-refractivity contribution in [3.05, 3.63) is 0 Å². The van der Waals surface area contributed by atoms with Crippen molar-refractivity contribution >= 4 is 12.0 Å². The van der Waals surface area contributed by atoms with E-state index in [0.717, 1.165) is 19.3 Å². The van der Waals surface area contributed by atoms with E-state index >= 15 is 0 Å². The largest absolute Gasteiger partial charge is 0.481 e. The minimum atomic E-state index is -0.796. The van der Waals surface area contributed by atoms with Crippen LogP contribution in [0.4, 0.5) is 4.79 Å². The van der Waals surface area contributed by atoms with Gasteiger partial charge in [0.25, 0.3) is 0 Å². The zero-order chi connectivity index (χ0) is 11.8. The van der Waals surface area contributed by atoms with Crippen LogP contribution >= 0.6 is 0 Å². The minimum absolute atomic E-state index is 0.0345. The minimum Gasteiger partial charge on any atom is -0.481 e. The molecule has 1 atom stereocenters. The summed E-state index contributed by atoms with van der Waals surface area (Å²) >= 11 is 0. The molecule has 5 heteroatoms. The number of rotatable bonds is 2. The molecule has 2 aliphatic rings. The molecule has 5 nitrogen and oxygen atoms in total. The van der Waals surface area contributed by atoms with Gasteiger partial charge in [-0.15, -0.1) is 0 Å². The number of hydrogen-bond acceptors (Lipinski definition) is 2. The Morgan fingerprint density at radius 1 is 1.44 bits per heavy atom. The number of carboxylic acid groups (broad SMARTS) is 1. The van der Waals surface area contributed by atoms with E-state index in [2.05, 4.69) is 5.32 Å². The number of nitrogens with one attached hydrogen (secondary N) is 1. The Morgan fingerprint density at radius 3 is 2.69 bits per heavy atom. The van der Waals surface area contributed by atoms with Gasteiger partial charge in [-0.3, -0.25) is 4.79 Å². The van der Waals surface area contributed by atoms with E-state index in [9.17, 15) is 9.59 Å². The Kier molecular flexibility index (Phi) is 2.78. The van der Waals surface area contributed by atoms with Crippen molar-refractivity contribution in [3.63, 3.8) is 0 Å². The van der Waals surface area contributed by atoms with Crippen LogP contribution in [0.3, 0.4) is 0 Å². The number of carbonyl (C=O) groups is 2. The predicted octanol–water partition coefficient (Wildman–Crippen LogP) is 1.05. The number of likely N-dealkylation sites (tertiary alicyclic amines) is 1. The first kappa shape index (κ1) is 11.2. The van der Waals surface area contributed by atoms with Gasteiger partial charge in [0.05, 0.1) is 5.92 Å². The SMILES string of the molecule is CC1(NC(=O)N2CCC[C@H](C(=O)O)C2)CC1. The van der Waals surface area contributed by atoms with Gasteiger partial charge in [-0.05, 0) is 32.6 Å². The number of urea groups is 1. The van der Waals surface area contributed by atoms with E-state index in [1.165, 1.54) is 0 Å². The fraction of sp³-hybridized carbons (Fsp3) is 0.818. The first-order chi connectivity index (χ1) is 7.50. The van der Waals surface area contributed by atoms with Crippen LogP contribution < -0.4 is 5.32 Å². The molecule has 0 aromatic carbocycles. The second kappa shape index (κ2) is 3.96. The molecular formula is C11H18N2O3. The summed E-state index contributed by atoms with van der Waals surface area (Å²) in [7, 11) is 0. The highest BCUT2D eigenvalue weighted by Crippen LogP contribution is 2.34. The lowest BCUT2D eigenvalue weighted by atomic mass is 9.99. The van der Waals surface area contributed by atoms with Crippen molar-refractivity contribution in [2.75, 3.05) is 13.1 Å². The highest BCUT2D eigenvalue weighted by molar-refractivity contribution is 5.77. The predicted molar refractivity (Wildman–Crippen MR) is 58.1 cm³/mol. The summed E-state index contributed by atoms with van der Waals surface area (Å²) in [5.74, 6) is -1.19. The molecule has 1 saturated carbocycles. The maximum Gasteiger partial charge on any atom is 0.317 e. The van der Waals surface area contributed by atoms with E-state index in [1.54, 1.807) is 4.90 Å². The summed E-state index contributed by atoms with van der Waals surface area (Å²) in [6, 6.07) is -0.106. The Morgan fingerprint density at radius 2 is 2.12 bits per heavy atom. The van der Waals surface area contributed by atoms with Crippen molar-refractivity contribution in [1.29, 1.82) is 0 Å². The van der Waals surface area contributed by atoms with E-state index in [4.69, 9.17) is 5.11 Å². The standard InChI is InChI=1S/C11H18N2O3/c1-11(4-5-11)12-10(16)13-6-2-3-8(7-13)9(14)15/h8H,2-7H2,1H3,(H,12,16)(H,14,15)/t8-/m0/s1. The Labute approximate surface area is 94.8 Å². The Balaban J connectivity index is 1.88. The topological polar surface area (TPSA) is 69.6 Å². The Bertz CT molecular complexity index is 312. The summed E-state index contributed by atoms with van der Waals surface area (Å²) in [6.07, 6.45) is 3.50. The van der Waals surface area contributed by atoms with Crippen LogP contribution in [0.2, 0.25) is 0 Å². The maximum absolute atomic E-state index is 11.8. The number of carboxylic acids is 1. The zero-order valence-corrected chi connectivity index (χ0v) is 9.53. The molecule has 0 aromatic heterocycles. The van der Waals surface area contributed by atoms with Crippen molar-refractivity contribution < 1.29 is 14.7 Å². The quantitative estimate of drug-likeness (QED) is 0.739. The van der Waals surface area contributed by atoms with Crippen molar-refractivity contribution in [3.8, 4) is 0 Å². The van der Waals surface area contributed by atoms with Crippen LogP contribution in [0.15, 0.2) is 0 Å². The molecule has 90 valence electrons. The number of piperidine rings is 1. The molecule has 0 bridgehead atoms. The number of carbonyl (C=O) groups excluding carboxylic acids is 1. The summed E-state index contributed by atoms with van der Waals surface area (Å²) in [6.45, 7) is 3.03. The third kappa shape index (κ3) is 2.46. The number of hydrogen-bond donors (Lipinski definition) is 2. The van der Waals surface area contributed by atoms with Gasteiger partial charge in [-0.1, -0.05) is 0 Å². The molecule has 1 aliphatic carbocycles. The monoisotopic (exact) mass is 226 g/mol. The first-order valence-electron chi connectivity index (χ1n) is 5.80. The van der Waals surface area contributed by atoms with Gasteiger partial charge in [0.1, 0.15) is 0 Å².